The molecular weight excluding hydrogens is 385 g/mol. The summed E-state index contributed by atoms with van der Waals surface area (Å²) in [7, 11) is -0.591. The minimum absolute atomic E-state index is 0.302. The van der Waals surface area contributed by atoms with Crippen LogP contribution in [0.25, 0.3) is 0 Å². The zero-order chi connectivity index (χ0) is 18.6. The molecule has 0 bridgehead atoms. The third-order valence-electron chi connectivity index (χ3n) is 3.66. The number of hydrogen-bond acceptors (Lipinski definition) is 4. The molecule has 0 spiro atoms. The van der Waals surface area contributed by atoms with Crippen LogP contribution >= 0.6 is 23.2 Å². The number of sulfonamides is 1. The van der Waals surface area contributed by atoms with Crippen LogP contribution in [0.1, 0.15) is 24.1 Å². The minimum atomic E-state index is -3.65. The van der Waals surface area contributed by atoms with Crippen LogP contribution in [0, 0.1) is 0 Å². The quantitative estimate of drug-likeness (QED) is 0.752. The zero-order valence-electron chi connectivity index (χ0n) is 14.0. The van der Waals surface area contributed by atoms with Crippen LogP contribution in [-0.2, 0) is 15.8 Å². The Bertz CT molecular complexity index is 835. The Morgan fingerprint density at radius 1 is 1.04 bits per heavy atom. The molecule has 5 nitrogen and oxygen atoms in total. The first kappa shape index (κ1) is 19.8. The lowest BCUT2D eigenvalue weighted by atomic mass is 10.1. The van der Waals surface area contributed by atoms with Crippen LogP contribution in [-0.4, -0.2) is 22.6 Å². The second-order valence-corrected chi connectivity index (χ2v) is 7.98. The highest BCUT2D eigenvalue weighted by atomic mass is 35.5. The Labute approximate surface area is 157 Å². The van der Waals surface area contributed by atoms with Gasteiger partial charge in [-0.05, 0) is 36.8 Å². The van der Waals surface area contributed by atoms with Gasteiger partial charge in [0.1, 0.15) is 0 Å². The van der Waals surface area contributed by atoms with Crippen molar-refractivity contribution >= 4 is 33.2 Å². The third-order valence-corrected chi connectivity index (χ3v) is 5.75. The molecule has 0 radical (unpaired) electrons. The van der Waals surface area contributed by atoms with Gasteiger partial charge in [-0.1, -0.05) is 35.3 Å². The third kappa shape index (κ3) is 5.01. The fraction of sp³-hybridized carbons (Fsp3) is 0.294. The Hall–Kier alpha value is -1.47. The van der Waals surface area contributed by atoms with Gasteiger partial charge in [0.05, 0.1) is 20.0 Å². The van der Waals surface area contributed by atoms with Gasteiger partial charge >= 0.3 is 0 Å². The van der Waals surface area contributed by atoms with Crippen molar-refractivity contribution in [3.8, 4) is 11.5 Å². The summed E-state index contributed by atoms with van der Waals surface area (Å²) >= 11 is 12.1. The lowest BCUT2D eigenvalue weighted by Gasteiger charge is -2.17. The number of methoxy groups -OCH3 is 2. The van der Waals surface area contributed by atoms with Gasteiger partial charge < -0.3 is 9.47 Å². The van der Waals surface area contributed by atoms with E-state index in [0.29, 0.717) is 27.1 Å². The van der Waals surface area contributed by atoms with Gasteiger partial charge in [0, 0.05) is 21.7 Å². The molecule has 0 fully saturated rings. The van der Waals surface area contributed by atoms with Gasteiger partial charge in [-0.2, -0.15) is 0 Å². The maximum Gasteiger partial charge on any atom is 0.216 e. The molecule has 0 aliphatic carbocycles. The first-order valence-corrected chi connectivity index (χ1v) is 9.83. The molecule has 0 amide bonds. The summed E-state index contributed by atoms with van der Waals surface area (Å²) in [5, 5.41) is 0.633. The molecule has 136 valence electrons. The van der Waals surface area contributed by atoms with Crippen LogP contribution in [0.3, 0.4) is 0 Å². The number of hydrogen-bond donors (Lipinski definition) is 1. The summed E-state index contributed by atoms with van der Waals surface area (Å²) in [6.07, 6.45) is 0. The summed E-state index contributed by atoms with van der Waals surface area (Å²) in [6, 6.07) is 9.65. The number of nitrogens with one attached hydrogen (secondary N) is 1. The van der Waals surface area contributed by atoms with E-state index in [9.17, 15) is 8.42 Å². The summed E-state index contributed by atoms with van der Waals surface area (Å²) in [4.78, 5) is 0. The predicted molar refractivity (Wildman–Crippen MR) is 100 cm³/mol. The highest BCUT2D eigenvalue weighted by molar-refractivity contribution is 7.88. The molecule has 0 heterocycles. The topological polar surface area (TPSA) is 64.6 Å². The van der Waals surface area contributed by atoms with E-state index in [-0.39, 0.29) is 5.75 Å². The molecular formula is C17H19Cl2NO4S. The Balaban J connectivity index is 2.20. The fourth-order valence-corrected chi connectivity index (χ4v) is 4.50. The Kier molecular flexibility index (Phi) is 6.57. The van der Waals surface area contributed by atoms with Crippen molar-refractivity contribution in [3.05, 3.63) is 57.6 Å². The second kappa shape index (κ2) is 8.27. The van der Waals surface area contributed by atoms with Crippen LogP contribution in [0.4, 0.5) is 0 Å². The molecule has 1 atom stereocenters. The molecule has 25 heavy (non-hydrogen) atoms. The first-order chi connectivity index (χ1) is 11.8. The largest absolute Gasteiger partial charge is 0.493 e. The summed E-state index contributed by atoms with van der Waals surface area (Å²) in [6.45, 7) is 1.74. The van der Waals surface area contributed by atoms with Crippen molar-refractivity contribution < 1.29 is 17.9 Å². The summed E-state index contributed by atoms with van der Waals surface area (Å²) < 4.78 is 38.0. The van der Waals surface area contributed by atoms with Crippen molar-refractivity contribution in [2.75, 3.05) is 14.2 Å². The number of rotatable bonds is 7. The average Bonchev–Trinajstić information content (AvgIpc) is 2.57. The first-order valence-electron chi connectivity index (χ1n) is 7.42. The molecule has 8 heteroatoms. The van der Waals surface area contributed by atoms with Gasteiger partial charge in [-0.3, -0.25) is 0 Å². The van der Waals surface area contributed by atoms with Gasteiger partial charge in [0.15, 0.2) is 11.5 Å². The van der Waals surface area contributed by atoms with Crippen LogP contribution in [0.15, 0.2) is 36.4 Å². The van der Waals surface area contributed by atoms with Crippen molar-refractivity contribution in [3.63, 3.8) is 0 Å². The average molecular weight is 404 g/mol. The smallest absolute Gasteiger partial charge is 0.216 e. The van der Waals surface area contributed by atoms with Gasteiger partial charge in [0.2, 0.25) is 10.0 Å². The van der Waals surface area contributed by atoms with Crippen molar-refractivity contribution in [1.29, 1.82) is 0 Å². The highest BCUT2D eigenvalue weighted by Gasteiger charge is 2.20. The monoisotopic (exact) mass is 403 g/mol. The molecule has 0 saturated heterocycles. The van der Waals surface area contributed by atoms with E-state index in [2.05, 4.69) is 4.72 Å². The van der Waals surface area contributed by atoms with Gasteiger partial charge in [-0.25, -0.2) is 13.1 Å². The molecule has 0 aliphatic rings. The lowest BCUT2D eigenvalue weighted by molar-refractivity contribution is 0.354. The van der Waals surface area contributed by atoms with Crippen molar-refractivity contribution in [2.24, 2.45) is 0 Å². The summed E-state index contributed by atoms with van der Waals surface area (Å²) in [5.41, 5.74) is 1.12. The number of benzene rings is 2. The Morgan fingerprint density at radius 3 is 2.20 bits per heavy atom. The zero-order valence-corrected chi connectivity index (χ0v) is 16.4. The van der Waals surface area contributed by atoms with E-state index >= 15 is 0 Å². The van der Waals surface area contributed by atoms with E-state index in [1.54, 1.807) is 43.3 Å². The maximum atomic E-state index is 12.5. The molecule has 0 aromatic heterocycles. The van der Waals surface area contributed by atoms with Crippen molar-refractivity contribution in [1.82, 2.24) is 4.72 Å². The van der Waals surface area contributed by atoms with E-state index in [1.165, 1.54) is 14.2 Å². The maximum absolute atomic E-state index is 12.5. The molecule has 0 saturated carbocycles. The normalized spacial score (nSPS) is 12.7. The molecule has 1 N–H and O–H groups in total. The standard InChI is InChI=1S/C17H19Cl2NO4S/c1-11(12-7-8-16(23-2)17(9-12)24-3)20-25(21,22)10-13-14(18)5-4-6-15(13)19/h4-9,11,20H,10H2,1-3H3/t11-/m0/s1. The molecule has 2 rings (SSSR count). The van der Waals surface area contributed by atoms with Gasteiger partial charge in [-0.15, -0.1) is 0 Å². The SMILES string of the molecule is COc1ccc([C@H](C)NS(=O)(=O)Cc2c(Cl)cccc2Cl)cc1OC. The second-order valence-electron chi connectivity index (χ2n) is 5.41. The molecule has 2 aromatic rings. The fourth-order valence-electron chi connectivity index (χ4n) is 2.36. The minimum Gasteiger partial charge on any atom is -0.493 e. The van der Waals surface area contributed by atoms with Crippen LogP contribution in [0.2, 0.25) is 10.0 Å². The predicted octanol–water partition coefficient (Wildman–Crippen LogP) is 4.19. The lowest BCUT2D eigenvalue weighted by Crippen LogP contribution is -2.28. The highest BCUT2D eigenvalue weighted by Crippen LogP contribution is 2.31. The summed E-state index contributed by atoms with van der Waals surface area (Å²) in [5.74, 6) is 0.799. The number of ether oxygens (including phenoxy) is 2. The van der Waals surface area contributed by atoms with Crippen molar-refractivity contribution in [2.45, 2.75) is 18.7 Å². The van der Waals surface area contributed by atoms with E-state index in [1.807, 2.05) is 0 Å². The van der Waals surface area contributed by atoms with Crippen LogP contribution < -0.4 is 14.2 Å². The van der Waals surface area contributed by atoms with E-state index in [4.69, 9.17) is 32.7 Å². The molecule has 2 aromatic carbocycles. The Morgan fingerprint density at radius 2 is 1.64 bits per heavy atom. The van der Waals surface area contributed by atoms with Gasteiger partial charge in [0.25, 0.3) is 0 Å². The number of halogens is 2. The van der Waals surface area contributed by atoms with E-state index in [0.717, 1.165) is 5.56 Å². The molecule has 0 aliphatic heterocycles. The van der Waals surface area contributed by atoms with E-state index < -0.39 is 16.1 Å². The van der Waals surface area contributed by atoms with Crippen LogP contribution in [0.5, 0.6) is 11.5 Å². The molecule has 0 unspecified atom stereocenters.